The predicted molar refractivity (Wildman–Crippen MR) is 116 cm³/mol. The number of carbonyl (C=O) groups is 1. The first-order valence-corrected chi connectivity index (χ1v) is 10.2. The molecule has 0 bridgehead atoms. The molecule has 30 heavy (non-hydrogen) atoms. The Labute approximate surface area is 175 Å². The van der Waals surface area contributed by atoms with Gasteiger partial charge in [-0.25, -0.2) is 4.68 Å². The van der Waals surface area contributed by atoms with Crippen LogP contribution in [0.15, 0.2) is 59.4 Å². The van der Waals surface area contributed by atoms with Crippen molar-refractivity contribution in [2.75, 3.05) is 39.9 Å². The lowest BCUT2D eigenvalue weighted by Crippen LogP contribution is -2.48. The molecule has 0 aliphatic carbocycles. The number of hydrogen-bond acceptors (Lipinski definition) is 5. The maximum Gasteiger partial charge on any atom is 0.274 e. The number of piperazine rings is 1. The fourth-order valence-electron chi connectivity index (χ4n) is 3.84. The summed E-state index contributed by atoms with van der Waals surface area (Å²) in [7, 11) is 1.57. The SMILES string of the molecule is COCCn1nc(C(=O)N2CCN(Cc3cccc4ccccc34)CC2)ccc1=O. The molecule has 1 aliphatic heterocycles. The van der Waals surface area contributed by atoms with E-state index in [1.165, 1.54) is 33.2 Å². The zero-order valence-electron chi connectivity index (χ0n) is 17.2. The first-order chi connectivity index (χ1) is 14.7. The van der Waals surface area contributed by atoms with E-state index in [1.54, 1.807) is 7.11 Å². The lowest BCUT2D eigenvalue weighted by atomic mass is 10.0. The van der Waals surface area contributed by atoms with Crippen molar-refractivity contribution in [3.8, 4) is 0 Å². The second-order valence-corrected chi connectivity index (χ2v) is 7.48. The Morgan fingerprint density at radius 1 is 1.00 bits per heavy atom. The topological polar surface area (TPSA) is 67.7 Å². The van der Waals surface area contributed by atoms with Crippen molar-refractivity contribution >= 4 is 16.7 Å². The van der Waals surface area contributed by atoms with Gasteiger partial charge >= 0.3 is 0 Å². The van der Waals surface area contributed by atoms with E-state index in [-0.39, 0.29) is 11.5 Å². The number of amides is 1. The van der Waals surface area contributed by atoms with Crippen LogP contribution in [0.2, 0.25) is 0 Å². The van der Waals surface area contributed by atoms with Gasteiger partial charge in [0.15, 0.2) is 0 Å². The van der Waals surface area contributed by atoms with Gasteiger partial charge in [-0.15, -0.1) is 0 Å². The summed E-state index contributed by atoms with van der Waals surface area (Å²) in [6, 6.07) is 17.7. The summed E-state index contributed by atoms with van der Waals surface area (Å²) in [5.41, 5.74) is 1.37. The molecule has 0 atom stereocenters. The van der Waals surface area contributed by atoms with Gasteiger partial charge < -0.3 is 9.64 Å². The van der Waals surface area contributed by atoms with Gasteiger partial charge in [-0.1, -0.05) is 42.5 Å². The van der Waals surface area contributed by atoms with E-state index in [1.807, 2.05) is 4.90 Å². The number of nitrogens with zero attached hydrogens (tertiary/aromatic N) is 4. The molecule has 0 N–H and O–H groups in total. The highest BCUT2D eigenvalue weighted by molar-refractivity contribution is 5.92. The number of methoxy groups -OCH3 is 1. The van der Waals surface area contributed by atoms with Crippen LogP contribution in [0, 0.1) is 0 Å². The van der Waals surface area contributed by atoms with Crippen LogP contribution in [0.3, 0.4) is 0 Å². The minimum absolute atomic E-state index is 0.133. The predicted octanol–water partition coefficient (Wildman–Crippen LogP) is 2.00. The zero-order valence-corrected chi connectivity index (χ0v) is 17.2. The third-order valence-corrected chi connectivity index (χ3v) is 5.53. The molecule has 1 aliphatic rings. The van der Waals surface area contributed by atoms with Gasteiger partial charge in [0.25, 0.3) is 11.5 Å². The molecule has 0 saturated carbocycles. The zero-order chi connectivity index (χ0) is 20.9. The monoisotopic (exact) mass is 406 g/mol. The van der Waals surface area contributed by atoms with Crippen molar-refractivity contribution in [1.82, 2.24) is 19.6 Å². The van der Waals surface area contributed by atoms with Crippen LogP contribution < -0.4 is 5.56 Å². The van der Waals surface area contributed by atoms with E-state index in [9.17, 15) is 9.59 Å². The van der Waals surface area contributed by atoms with Gasteiger partial charge in [-0.05, 0) is 22.4 Å². The van der Waals surface area contributed by atoms with Crippen molar-refractivity contribution in [3.05, 3.63) is 76.2 Å². The highest BCUT2D eigenvalue weighted by atomic mass is 16.5. The number of ether oxygens (including phenoxy) is 1. The Morgan fingerprint density at radius 2 is 1.77 bits per heavy atom. The number of benzene rings is 2. The number of hydrogen-bond donors (Lipinski definition) is 0. The molecule has 3 aromatic rings. The minimum atomic E-state index is -0.233. The summed E-state index contributed by atoms with van der Waals surface area (Å²) in [4.78, 5) is 29.0. The molecule has 7 heteroatoms. The second kappa shape index (κ2) is 9.19. The molecule has 0 radical (unpaired) electrons. The molecular weight excluding hydrogens is 380 g/mol. The van der Waals surface area contributed by atoms with Crippen molar-refractivity contribution in [2.24, 2.45) is 0 Å². The summed E-state index contributed by atoms with van der Waals surface area (Å²) in [5.74, 6) is -0.133. The molecule has 156 valence electrons. The lowest BCUT2D eigenvalue weighted by molar-refractivity contribution is 0.0619. The minimum Gasteiger partial charge on any atom is -0.383 e. The summed E-state index contributed by atoms with van der Waals surface area (Å²) < 4.78 is 6.29. The van der Waals surface area contributed by atoms with Crippen molar-refractivity contribution < 1.29 is 9.53 Å². The standard InChI is InChI=1S/C23H26N4O3/c1-30-16-15-27-22(28)10-9-21(24-27)23(29)26-13-11-25(12-14-26)17-19-7-4-6-18-5-2-3-8-20(18)19/h2-10H,11-17H2,1H3. The van der Waals surface area contributed by atoms with Crippen LogP contribution >= 0.6 is 0 Å². The summed E-state index contributed by atoms with van der Waals surface area (Å²) in [6.45, 7) is 4.46. The fraction of sp³-hybridized carbons (Fsp3) is 0.348. The third-order valence-electron chi connectivity index (χ3n) is 5.53. The first kappa shape index (κ1) is 20.3. The molecule has 4 rings (SSSR count). The molecule has 1 aromatic heterocycles. The first-order valence-electron chi connectivity index (χ1n) is 10.2. The normalized spacial score (nSPS) is 14.9. The van der Waals surface area contributed by atoms with Gasteiger partial charge in [0.1, 0.15) is 5.69 Å². The maximum atomic E-state index is 12.9. The molecule has 2 heterocycles. The van der Waals surface area contributed by atoms with Crippen LogP contribution in [0.1, 0.15) is 16.1 Å². The van der Waals surface area contributed by atoms with Gasteiger partial charge in [0.2, 0.25) is 0 Å². The van der Waals surface area contributed by atoms with Gasteiger partial charge in [0.05, 0.1) is 13.2 Å². The summed E-state index contributed by atoms with van der Waals surface area (Å²) in [5, 5.41) is 6.75. The Hall–Kier alpha value is -3.03. The molecule has 0 spiro atoms. The fourth-order valence-corrected chi connectivity index (χ4v) is 3.84. The van der Waals surface area contributed by atoms with E-state index in [0.717, 1.165) is 19.6 Å². The largest absolute Gasteiger partial charge is 0.383 e. The molecule has 1 fully saturated rings. The summed E-state index contributed by atoms with van der Waals surface area (Å²) >= 11 is 0. The van der Waals surface area contributed by atoms with E-state index in [2.05, 4.69) is 52.5 Å². The summed E-state index contributed by atoms with van der Waals surface area (Å²) in [6.07, 6.45) is 0. The average Bonchev–Trinajstić information content (AvgIpc) is 2.79. The molecule has 1 amide bonds. The Morgan fingerprint density at radius 3 is 2.57 bits per heavy atom. The second-order valence-electron chi connectivity index (χ2n) is 7.48. The quantitative estimate of drug-likeness (QED) is 0.626. The van der Waals surface area contributed by atoms with Gasteiger partial charge in [-0.2, -0.15) is 5.10 Å². The Bertz CT molecular complexity index is 1080. The van der Waals surface area contributed by atoms with Crippen molar-refractivity contribution in [3.63, 3.8) is 0 Å². The third kappa shape index (κ3) is 4.42. The number of aromatic nitrogens is 2. The Balaban J connectivity index is 1.39. The average molecular weight is 406 g/mol. The van der Waals surface area contributed by atoms with E-state index >= 15 is 0 Å². The van der Waals surface area contributed by atoms with Crippen LogP contribution in [-0.2, 0) is 17.8 Å². The molecule has 2 aromatic carbocycles. The number of rotatable bonds is 6. The molecular formula is C23H26N4O3. The van der Waals surface area contributed by atoms with E-state index < -0.39 is 0 Å². The molecule has 1 saturated heterocycles. The van der Waals surface area contributed by atoms with Crippen LogP contribution in [0.4, 0.5) is 0 Å². The lowest BCUT2D eigenvalue weighted by Gasteiger charge is -2.34. The molecule has 0 unspecified atom stereocenters. The van der Waals surface area contributed by atoms with Crippen LogP contribution in [0.5, 0.6) is 0 Å². The highest BCUT2D eigenvalue weighted by Crippen LogP contribution is 2.20. The Kier molecular flexibility index (Phi) is 6.21. The maximum absolute atomic E-state index is 12.9. The highest BCUT2D eigenvalue weighted by Gasteiger charge is 2.23. The smallest absolute Gasteiger partial charge is 0.274 e. The van der Waals surface area contributed by atoms with Gasteiger partial charge in [0, 0.05) is 45.9 Å². The van der Waals surface area contributed by atoms with Gasteiger partial charge in [-0.3, -0.25) is 14.5 Å². The van der Waals surface area contributed by atoms with Crippen molar-refractivity contribution in [2.45, 2.75) is 13.1 Å². The number of carbonyl (C=O) groups excluding carboxylic acids is 1. The van der Waals surface area contributed by atoms with Crippen LogP contribution in [0.25, 0.3) is 10.8 Å². The number of fused-ring (bicyclic) bond motifs is 1. The van der Waals surface area contributed by atoms with Crippen molar-refractivity contribution in [1.29, 1.82) is 0 Å². The van der Waals surface area contributed by atoms with E-state index in [0.29, 0.717) is 31.9 Å². The van der Waals surface area contributed by atoms with Crippen LogP contribution in [-0.4, -0.2) is 65.4 Å². The van der Waals surface area contributed by atoms with E-state index in [4.69, 9.17) is 4.74 Å². The molecule has 7 nitrogen and oxygen atoms in total.